The Hall–Kier alpha value is -3.22. The predicted molar refractivity (Wildman–Crippen MR) is 96.2 cm³/mol. The van der Waals surface area contributed by atoms with Crippen LogP contribution in [0.4, 0.5) is 5.69 Å². The Bertz CT molecular complexity index is 803. The first kappa shape index (κ1) is 19.1. The number of carbonyl (C=O) groups is 2. The van der Waals surface area contributed by atoms with Crippen molar-refractivity contribution in [2.24, 2.45) is 0 Å². The van der Waals surface area contributed by atoms with Crippen molar-refractivity contribution in [3.63, 3.8) is 0 Å². The molecule has 0 spiro atoms. The van der Waals surface area contributed by atoms with Gasteiger partial charge in [0.25, 0.3) is 5.91 Å². The Morgan fingerprint density at radius 2 is 1.58 bits per heavy atom. The van der Waals surface area contributed by atoms with Crippen molar-refractivity contribution in [2.45, 2.75) is 6.92 Å². The molecule has 2 aromatic rings. The van der Waals surface area contributed by atoms with Gasteiger partial charge in [-0.25, -0.2) is 4.79 Å². The average molecular weight is 359 g/mol. The summed E-state index contributed by atoms with van der Waals surface area (Å²) in [5.41, 5.74) is 1.50. The fraction of sp³-hybridized carbons (Fsp3) is 0.263. The number of aryl methyl sites for hydroxylation is 1. The van der Waals surface area contributed by atoms with Gasteiger partial charge in [0.15, 0.2) is 6.61 Å². The SMILES string of the molecule is COc1ccc(C(=O)OCC(=O)Nc2cc(OC)ccc2OC)c(C)c1. The molecule has 0 heterocycles. The smallest absolute Gasteiger partial charge is 0.338 e. The van der Waals surface area contributed by atoms with Crippen molar-refractivity contribution >= 4 is 17.6 Å². The van der Waals surface area contributed by atoms with Crippen LogP contribution in [-0.2, 0) is 9.53 Å². The summed E-state index contributed by atoms with van der Waals surface area (Å²) in [5.74, 6) is 0.597. The van der Waals surface area contributed by atoms with Gasteiger partial charge in [0, 0.05) is 6.07 Å². The first-order valence-electron chi connectivity index (χ1n) is 7.82. The topological polar surface area (TPSA) is 83.1 Å². The van der Waals surface area contributed by atoms with E-state index in [1.165, 1.54) is 14.2 Å². The van der Waals surface area contributed by atoms with Gasteiger partial charge >= 0.3 is 5.97 Å². The number of esters is 1. The Balaban J connectivity index is 1.99. The maximum absolute atomic E-state index is 12.2. The number of amides is 1. The third kappa shape index (κ3) is 4.66. The minimum absolute atomic E-state index is 0.373. The number of carbonyl (C=O) groups excluding carboxylic acids is 2. The van der Waals surface area contributed by atoms with E-state index in [9.17, 15) is 9.59 Å². The summed E-state index contributed by atoms with van der Waals surface area (Å²) in [7, 11) is 4.56. The monoisotopic (exact) mass is 359 g/mol. The van der Waals surface area contributed by atoms with Gasteiger partial charge in [0.1, 0.15) is 17.2 Å². The van der Waals surface area contributed by atoms with Crippen LogP contribution >= 0.6 is 0 Å². The first-order valence-corrected chi connectivity index (χ1v) is 7.82. The third-order valence-electron chi connectivity index (χ3n) is 3.67. The summed E-state index contributed by atoms with van der Waals surface area (Å²) >= 11 is 0. The van der Waals surface area contributed by atoms with Crippen molar-refractivity contribution in [1.82, 2.24) is 0 Å². The quantitative estimate of drug-likeness (QED) is 0.766. The largest absolute Gasteiger partial charge is 0.497 e. The fourth-order valence-electron chi connectivity index (χ4n) is 2.30. The van der Waals surface area contributed by atoms with E-state index in [1.54, 1.807) is 50.4 Å². The summed E-state index contributed by atoms with van der Waals surface area (Å²) in [5, 5.41) is 2.63. The van der Waals surface area contributed by atoms with Gasteiger partial charge in [-0.05, 0) is 42.8 Å². The molecule has 0 aliphatic carbocycles. The number of rotatable bonds is 7. The van der Waals surface area contributed by atoms with Gasteiger partial charge in [-0.2, -0.15) is 0 Å². The molecule has 0 aliphatic rings. The lowest BCUT2D eigenvalue weighted by atomic mass is 10.1. The lowest BCUT2D eigenvalue weighted by Gasteiger charge is -2.12. The number of ether oxygens (including phenoxy) is 4. The first-order chi connectivity index (χ1) is 12.5. The summed E-state index contributed by atoms with van der Waals surface area (Å²) in [6.07, 6.45) is 0. The van der Waals surface area contributed by atoms with Crippen molar-refractivity contribution in [3.8, 4) is 17.2 Å². The molecule has 2 rings (SSSR count). The van der Waals surface area contributed by atoms with E-state index >= 15 is 0 Å². The molecule has 0 atom stereocenters. The zero-order valence-corrected chi connectivity index (χ0v) is 15.1. The molecule has 1 N–H and O–H groups in total. The lowest BCUT2D eigenvalue weighted by Crippen LogP contribution is -2.21. The number of anilines is 1. The number of benzene rings is 2. The number of hydrogen-bond acceptors (Lipinski definition) is 6. The van der Waals surface area contributed by atoms with E-state index in [0.717, 1.165) is 0 Å². The molecule has 26 heavy (non-hydrogen) atoms. The minimum atomic E-state index is -0.585. The van der Waals surface area contributed by atoms with Gasteiger partial charge in [0.2, 0.25) is 0 Å². The Kier molecular flexibility index (Phi) is 6.43. The number of nitrogens with one attached hydrogen (secondary N) is 1. The van der Waals surface area contributed by atoms with Crippen LogP contribution in [0.2, 0.25) is 0 Å². The van der Waals surface area contributed by atoms with Gasteiger partial charge in [-0.1, -0.05) is 0 Å². The minimum Gasteiger partial charge on any atom is -0.497 e. The van der Waals surface area contributed by atoms with Crippen LogP contribution in [0.15, 0.2) is 36.4 Å². The molecule has 0 bridgehead atoms. The molecule has 7 nitrogen and oxygen atoms in total. The second kappa shape index (κ2) is 8.75. The molecule has 0 saturated carbocycles. The number of methoxy groups -OCH3 is 3. The summed E-state index contributed by atoms with van der Waals surface area (Å²) < 4.78 is 20.5. The molecule has 0 radical (unpaired) electrons. The highest BCUT2D eigenvalue weighted by Gasteiger charge is 2.15. The van der Waals surface area contributed by atoms with Crippen molar-refractivity contribution in [2.75, 3.05) is 33.3 Å². The van der Waals surface area contributed by atoms with Crippen LogP contribution in [0.1, 0.15) is 15.9 Å². The van der Waals surface area contributed by atoms with Gasteiger partial charge < -0.3 is 24.3 Å². The molecular formula is C19H21NO6. The summed E-state index contributed by atoms with van der Waals surface area (Å²) in [6, 6.07) is 9.97. The van der Waals surface area contributed by atoms with Gasteiger partial charge in [-0.15, -0.1) is 0 Å². The highest BCUT2D eigenvalue weighted by molar-refractivity contribution is 5.97. The summed E-state index contributed by atoms with van der Waals surface area (Å²) in [4.78, 5) is 24.3. The standard InChI is InChI=1S/C19H21NO6/c1-12-9-13(23-2)5-7-15(12)19(22)26-11-18(21)20-16-10-14(24-3)6-8-17(16)25-4/h5-10H,11H2,1-4H3,(H,20,21). The molecule has 2 aromatic carbocycles. The molecule has 7 heteroatoms. The molecule has 0 fully saturated rings. The maximum atomic E-state index is 12.2. The number of hydrogen-bond donors (Lipinski definition) is 1. The van der Waals surface area contributed by atoms with Crippen LogP contribution < -0.4 is 19.5 Å². The molecule has 138 valence electrons. The van der Waals surface area contributed by atoms with Crippen molar-refractivity contribution in [1.29, 1.82) is 0 Å². The fourth-order valence-corrected chi connectivity index (χ4v) is 2.30. The van der Waals surface area contributed by atoms with E-state index < -0.39 is 18.5 Å². The van der Waals surface area contributed by atoms with Crippen LogP contribution in [-0.4, -0.2) is 39.8 Å². The normalized spacial score (nSPS) is 10.0. The van der Waals surface area contributed by atoms with E-state index in [0.29, 0.717) is 34.1 Å². The van der Waals surface area contributed by atoms with Gasteiger partial charge in [-0.3, -0.25) is 4.79 Å². The van der Waals surface area contributed by atoms with Gasteiger partial charge in [0.05, 0.1) is 32.6 Å². The van der Waals surface area contributed by atoms with Crippen molar-refractivity contribution < 1.29 is 28.5 Å². The van der Waals surface area contributed by atoms with Crippen LogP contribution in [0.5, 0.6) is 17.2 Å². The second-order valence-corrected chi connectivity index (χ2v) is 5.37. The van der Waals surface area contributed by atoms with Crippen LogP contribution in [0.25, 0.3) is 0 Å². The highest BCUT2D eigenvalue weighted by atomic mass is 16.5. The lowest BCUT2D eigenvalue weighted by molar-refractivity contribution is -0.119. The average Bonchev–Trinajstić information content (AvgIpc) is 2.65. The molecular weight excluding hydrogens is 338 g/mol. The Labute approximate surface area is 151 Å². The van der Waals surface area contributed by atoms with E-state index in [2.05, 4.69) is 5.32 Å². The Morgan fingerprint density at radius 1 is 0.923 bits per heavy atom. The Morgan fingerprint density at radius 3 is 2.19 bits per heavy atom. The molecule has 0 unspecified atom stereocenters. The van der Waals surface area contributed by atoms with E-state index in [-0.39, 0.29) is 0 Å². The molecule has 0 saturated heterocycles. The van der Waals surface area contributed by atoms with Crippen molar-refractivity contribution in [3.05, 3.63) is 47.5 Å². The zero-order valence-electron chi connectivity index (χ0n) is 15.1. The molecule has 0 aliphatic heterocycles. The van der Waals surface area contributed by atoms with Crippen LogP contribution in [0.3, 0.4) is 0 Å². The highest BCUT2D eigenvalue weighted by Crippen LogP contribution is 2.28. The second-order valence-electron chi connectivity index (χ2n) is 5.37. The third-order valence-corrected chi connectivity index (χ3v) is 3.67. The molecule has 1 amide bonds. The van der Waals surface area contributed by atoms with E-state index in [1.807, 2.05) is 0 Å². The molecule has 0 aromatic heterocycles. The van der Waals surface area contributed by atoms with Crippen LogP contribution in [0, 0.1) is 6.92 Å². The van der Waals surface area contributed by atoms with E-state index in [4.69, 9.17) is 18.9 Å². The maximum Gasteiger partial charge on any atom is 0.338 e. The zero-order chi connectivity index (χ0) is 19.1. The summed E-state index contributed by atoms with van der Waals surface area (Å²) in [6.45, 7) is 1.34. The predicted octanol–water partition coefficient (Wildman–Crippen LogP) is 2.82.